The van der Waals surface area contributed by atoms with Gasteiger partial charge in [-0.1, -0.05) is 0 Å². The monoisotopic (exact) mass is 379 g/mol. The molecule has 0 radical (unpaired) electrons. The molecule has 7 nitrogen and oxygen atoms in total. The molecule has 1 fully saturated rings. The lowest BCUT2D eigenvalue weighted by Crippen LogP contribution is -2.62. The first-order valence-corrected chi connectivity index (χ1v) is 8.29. The Hall–Kier alpha value is -1.80. The lowest BCUT2D eigenvalue weighted by atomic mass is 9.92. The number of hydrogen-bond donors (Lipinski definition) is 2. The van der Waals surface area contributed by atoms with Crippen molar-refractivity contribution < 1.29 is 9.53 Å². The summed E-state index contributed by atoms with van der Waals surface area (Å²) >= 11 is 3.61. The number of nitrogens with one attached hydrogen (secondary N) is 2. The second-order valence-electron chi connectivity index (χ2n) is 6.60. The van der Waals surface area contributed by atoms with E-state index in [1.807, 2.05) is 17.0 Å². The van der Waals surface area contributed by atoms with Gasteiger partial charge in [-0.15, -0.1) is 0 Å². The van der Waals surface area contributed by atoms with Crippen LogP contribution in [0.4, 0.5) is 11.4 Å². The number of fused-ring (bicyclic) bond motifs is 3. The quantitative estimate of drug-likeness (QED) is 0.807. The summed E-state index contributed by atoms with van der Waals surface area (Å²) in [6, 6.07) is 3.98. The molecule has 2 N–H and O–H groups in total. The maximum Gasteiger partial charge on any atom is 0.260 e. The fourth-order valence-electron chi connectivity index (χ4n) is 3.45. The van der Waals surface area contributed by atoms with Gasteiger partial charge < -0.3 is 19.9 Å². The van der Waals surface area contributed by atoms with E-state index in [1.54, 1.807) is 0 Å². The van der Waals surface area contributed by atoms with Crippen LogP contribution in [0.3, 0.4) is 0 Å². The molecule has 0 unspecified atom stereocenters. The first-order chi connectivity index (χ1) is 10.9. The van der Waals surface area contributed by atoms with Gasteiger partial charge in [-0.3, -0.25) is 4.79 Å². The van der Waals surface area contributed by atoms with Crippen LogP contribution in [0.5, 0.6) is 5.75 Å². The van der Waals surface area contributed by atoms with Crippen LogP contribution in [0, 0.1) is 0 Å². The number of halogens is 1. The van der Waals surface area contributed by atoms with Crippen LogP contribution >= 0.6 is 15.9 Å². The molecule has 23 heavy (non-hydrogen) atoms. The van der Waals surface area contributed by atoms with Crippen LogP contribution in [0.15, 0.2) is 21.7 Å². The van der Waals surface area contributed by atoms with Gasteiger partial charge in [0.15, 0.2) is 5.84 Å². The highest BCUT2D eigenvalue weighted by atomic mass is 79.9. The molecule has 0 bridgehead atoms. The van der Waals surface area contributed by atoms with Crippen molar-refractivity contribution in [3.05, 3.63) is 16.6 Å². The van der Waals surface area contributed by atoms with Crippen molar-refractivity contribution in [3.8, 4) is 5.75 Å². The zero-order valence-electron chi connectivity index (χ0n) is 13.0. The van der Waals surface area contributed by atoms with E-state index in [1.165, 1.54) is 0 Å². The molecule has 8 heteroatoms. The Kier molecular flexibility index (Phi) is 3.28. The number of anilines is 2. The van der Waals surface area contributed by atoms with Crippen molar-refractivity contribution >= 4 is 39.0 Å². The zero-order valence-corrected chi connectivity index (χ0v) is 14.6. The Bertz CT molecular complexity index is 714. The van der Waals surface area contributed by atoms with E-state index in [9.17, 15) is 4.79 Å². The standard InChI is InChI=1S/C15H18BrN5O2/c1-15(7-20(2)8-15)17-10-4-11-12(3-9(10)16)23-6-13-18-19-14(22)5-21(11)13/h3-4,17H,5-8H2,1-2H3,(H,19,22). The van der Waals surface area contributed by atoms with Crippen LogP contribution < -0.4 is 20.4 Å². The van der Waals surface area contributed by atoms with E-state index in [0.717, 1.165) is 40.5 Å². The molecular formula is C15H18BrN5O2. The summed E-state index contributed by atoms with van der Waals surface area (Å²) in [5, 5.41) is 7.67. The maximum atomic E-state index is 11.7. The van der Waals surface area contributed by atoms with E-state index in [4.69, 9.17) is 4.74 Å². The topological polar surface area (TPSA) is 69.2 Å². The van der Waals surface area contributed by atoms with Crippen molar-refractivity contribution in [1.29, 1.82) is 0 Å². The van der Waals surface area contributed by atoms with E-state index >= 15 is 0 Å². The van der Waals surface area contributed by atoms with Gasteiger partial charge in [0, 0.05) is 17.6 Å². The Morgan fingerprint density at radius 1 is 1.43 bits per heavy atom. The van der Waals surface area contributed by atoms with Gasteiger partial charge in [0.2, 0.25) is 0 Å². The number of hydrogen-bond acceptors (Lipinski definition) is 6. The predicted octanol–water partition coefficient (Wildman–Crippen LogP) is 1.21. The smallest absolute Gasteiger partial charge is 0.260 e. The minimum absolute atomic E-state index is 0.0528. The molecule has 122 valence electrons. The first kappa shape index (κ1) is 14.8. The van der Waals surface area contributed by atoms with Crippen molar-refractivity contribution in [2.45, 2.75) is 12.5 Å². The lowest BCUT2D eigenvalue weighted by molar-refractivity contribution is -0.119. The van der Waals surface area contributed by atoms with Crippen LogP contribution in [-0.4, -0.2) is 55.5 Å². The molecule has 3 heterocycles. The minimum Gasteiger partial charge on any atom is -0.483 e. The number of rotatable bonds is 2. The third kappa shape index (κ3) is 2.55. The van der Waals surface area contributed by atoms with E-state index < -0.39 is 0 Å². The number of likely N-dealkylation sites (N-methyl/N-ethyl adjacent to an activating group) is 1. The fraction of sp³-hybridized carbons (Fsp3) is 0.467. The fourth-order valence-corrected chi connectivity index (χ4v) is 3.87. The molecule has 0 aromatic heterocycles. The second-order valence-corrected chi connectivity index (χ2v) is 7.45. The summed E-state index contributed by atoms with van der Waals surface area (Å²) in [6.07, 6.45) is 0. The molecule has 0 atom stereocenters. The highest BCUT2D eigenvalue weighted by Crippen LogP contribution is 2.41. The Balaban J connectivity index is 1.68. The molecule has 0 spiro atoms. The zero-order chi connectivity index (χ0) is 16.2. The van der Waals surface area contributed by atoms with Gasteiger partial charge in [0.05, 0.1) is 16.9 Å². The average Bonchev–Trinajstić information content (AvgIpc) is 2.46. The number of carbonyl (C=O) groups excluding carboxylic acids is 1. The number of benzene rings is 1. The number of likely N-dealkylation sites (tertiary alicyclic amines) is 1. The molecule has 1 saturated heterocycles. The number of nitrogens with zero attached hydrogens (tertiary/aromatic N) is 3. The molecular weight excluding hydrogens is 362 g/mol. The van der Waals surface area contributed by atoms with Crippen LogP contribution in [0.25, 0.3) is 0 Å². The van der Waals surface area contributed by atoms with Crippen molar-refractivity contribution in [1.82, 2.24) is 10.3 Å². The van der Waals surface area contributed by atoms with Crippen molar-refractivity contribution in [2.24, 2.45) is 5.10 Å². The minimum atomic E-state index is -0.119. The molecule has 0 aliphatic carbocycles. The average molecular weight is 380 g/mol. The van der Waals surface area contributed by atoms with Crippen molar-refractivity contribution in [2.75, 3.05) is 43.5 Å². The predicted molar refractivity (Wildman–Crippen MR) is 92.1 cm³/mol. The highest BCUT2D eigenvalue weighted by molar-refractivity contribution is 9.10. The second kappa shape index (κ2) is 5.10. The molecule has 3 aliphatic heterocycles. The molecule has 1 aromatic carbocycles. The van der Waals surface area contributed by atoms with Crippen molar-refractivity contribution in [3.63, 3.8) is 0 Å². The molecule has 1 amide bonds. The summed E-state index contributed by atoms with van der Waals surface area (Å²) < 4.78 is 6.71. The summed E-state index contributed by atoms with van der Waals surface area (Å²) in [6.45, 7) is 4.81. The first-order valence-electron chi connectivity index (χ1n) is 7.50. The third-order valence-corrected chi connectivity index (χ3v) is 4.95. The Morgan fingerprint density at radius 3 is 2.96 bits per heavy atom. The van der Waals surface area contributed by atoms with Crippen LogP contribution in [0.1, 0.15) is 6.92 Å². The SMILES string of the molecule is CN1CC(C)(Nc2cc3c(cc2Br)OCC2=NNC(=O)CN23)C1. The van der Waals surface area contributed by atoms with Gasteiger partial charge in [-0.25, -0.2) is 5.43 Å². The summed E-state index contributed by atoms with van der Waals surface area (Å²) in [5.74, 6) is 1.36. The van der Waals surface area contributed by atoms with Crippen LogP contribution in [-0.2, 0) is 4.79 Å². The van der Waals surface area contributed by atoms with Gasteiger partial charge in [-0.05, 0) is 42.0 Å². The van der Waals surface area contributed by atoms with Gasteiger partial charge in [-0.2, -0.15) is 5.10 Å². The Morgan fingerprint density at radius 2 is 2.22 bits per heavy atom. The van der Waals surface area contributed by atoms with Gasteiger partial charge in [0.25, 0.3) is 5.91 Å². The maximum absolute atomic E-state index is 11.7. The largest absolute Gasteiger partial charge is 0.483 e. The molecule has 0 saturated carbocycles. The lowest BCUT2D eigenvalue weighted by Gasteiger charge is -2.47. The number of hydrazone groups is 1. The highest BCUT2D eigenvalue weighted by Gasteiger charge is 2.37. The molecule has 3 aliphatic rings. The van der Waals surface area contributed by atoms with Gasteiger partial charge in [0.1, 0.15) is 18.9 Å². The van der Waals surface area contributed by atoms with E-state index in [2.05, 4.69) is 50.6 Å². The summed E-state index contributed by atoms with van der Waals surface area (Å²) in [7, 11) is 2.11. The number of amides is 1. The summed E-state index contributed by atoms with van der Waals surface area (Å²) in [4.78, 5) is 15.8. The number of amidine groups is 1. The summed E-state index contributed by atoms with van der Waals surface area (Å²) in [5.41, 5.74) is 4.41. The van der Waals surface area contributed by atoms with E-state index in [0.29, 0.717) is 6.61 Å². The number of carbonyl (C=O) groups is 1. The molecule has 1 aromatic rings. The Labute approximate surface area is 142 Å². The van der Waals surface area contributed by atoms with Gasteiger partial charge >= 0.3 is 0 Å². The number of ether oxygens (including phenoxy) is 1. The molecule has 4 rings (SSSR count). The third-order valence-electron chi connectivity index (χ3n) is 4.29. The normalized spacial score (nSPS) is 22.1. The van der Waals surface area contributed by atoms with Crippen LogP contribution in [0.2, 0.25) is 0 Å². The van der Waals surface area contributed by atoms with E-state index in [-0.39, 0.29) is 18.0 Å².